The first-order chi connectivity index (χ1) is 9.60. The van der Waals surface area contributed by atoms with E-state index in [1.54, 1.807) is 17.4 Å². The van der Waals surface area contributed by atoms with Gasteiger partial charge in [-0.1, -0.05) is 11.6 Å². The van der Waals surface area contributed by atoms with Crippen LogP contribution in [0.3, 0.4) is 0 Å². The zero-order valence-corrected chi connectivity index (χ0v) is 12.4. The van der Waals surface area contributed by atoms with E-state index < -0.39 is 0 Å². The second-order valence-corrected chi connectivity index (χ2v) is 5.62. The average molecular weight is 290 g/mol. The summed E-state index contributed by atoms with van der Waals surface area (Å²) in [4.78, 5) is 16.5. The highest BCUT2D eigenvalue weighted by atomic mass is 32.1. The van der Waals surface area contributed by atoms with Crippen LogP contribution in [-0.4, -0.2) is 17.4 Å². The third-order valence-electron chi connectivity index (χ3n) is 2.91. The first-order valence-electron chi connectivity index (χ1n) is 6.36. The largest absolute Gasteiger partial charge is 0.352 e. The van der Waals surface area contributed by atoms with Crippen molar-refractivity contribution < 1.29 is 4.79 Å². The molecule has 106 valence electrons. The van der Waals surface area contributed by atoms with Gasteiger partial charge in [0.25, 0.3) is 5.91 Å². The molecule has 0 saturated heterocycles. The minimum absolute atomic E-state index is 0.131. The molecular weight excluding hydrogens is 272 g/mol. The van der Waals surface area contributed by atoms with E-state index in [1.807, 2.05) is 31.4 Å². The fourth-order valence-electron chi connectivity index (χ4n) is 1.89. The lowest BCUT2D eigenvalue weighted by Crippen LogP contribution is -2.27. The van der Waals surface area contributed by atoms with Crippen LogP contribution in [0.4, 0.5) is 5.69 Å². The molecular formula is C14H18N4OS. The molecule has 0 unspecified atom stereocenters. The van der Waals surface area contributed by atoms with E-state index in [-0.39, 0.29) is 5.91 Å². The Balaban J connectivity index is 1.96. The van der Waals surface area contributed by atoms with Gasteiger partial charge in [0.05, 0.1) is 22.0 Å². The number of nitrogen functional groups attached to an aromatic ring is 1. The molecule has 0 fully saturated rings. The Morgan fingerprint density at radius 1 is 1.40 bits per heavy atom. The lowest BCUT2D eigenvalue weighted by Gasteiger charge is -2.10. The second-order valence-electron chi connectivity index (χ2n) is 4.56. The fourth-order valence-corrected chi connectivity index (χ4v) is 2.54. The van der Waals surface area contributed by atoms with Gasteiger partial charge in [-0.25, -0.2) is 4.98 Å². The average Bonchev–Trinajstić information content (AvgIpc) is 2.84. The molecule has 0 aliphatic rings. The van der Waals surface area contributed by atoms with E-state index in [4.69, 9.17) is 5.84 Å². The molecule has 6 heteroatoms. The molecule has 2 aromatic rings. The zero-order valence-electron chi connectivity index (χ0n) is 11.6. The number of aromatic nitrogens is 1. The summed E-state index contributed by atoms with van der Waals surface area (Å²) in [5.41, 5.74) is 5.75. The Morgan fingerprint density at radius 2 is 2.20 bits per heavy atom. The number of nitrogens with one attached hydrogen (secondary N) is 2. The molecule has 0 spiro atoms. The molecule has 0 saturated carbocycles. The highest BCUT2D eigenvalue weighted by Crippen LogP contribution is 2.16. The maximum absolute atomic E-state index is 12.1. The summed E-state index contributed by atoms with van der Waals surface area (Å²) in [5.74, 6) is 5.29. The van der Waals surface area contributed by atoms with Crippen molar-refractivity contribution in [1.29, 1.82) is 0 Å². The third-order valence-corrected chi connectivity index (χ3v) is 3.73. The Bertz CT molecular complexity index is 609. The topological polar surface area (TPSA) is 80.0 Å². The molecule has 20 heavy (non-hydrogen) atoms. The Labute approximate surface area is 122 Å². The highest BCUT2D eigenvalue weighted by molar-refractivity contribution is 7.09. The number of hydrogen-bond acceptors (Lipinski definition) is 5. The van der Waals surface area contributed by atoms with Crippen LogP contribution in [-0.2, 0) is 6.42 Å². The van der Waals surface area contributed by atoms with E-state index in [0.29, 0.717) is 17.8 Å². The van der Waals surface area contributed by atoms with Crippen molar-refractivity contribution in [3.05, 3.63) is 45.4 Å². The SMILES string of the molecule is Cc1ccc(NN)c(C(=O)NCCc2csc(C)n2)c1. The number of nitrogens with zero attached hydrogens (tertiary/aromatic N) is 1. The number of thiazole rings is 1. The molecule has 2 rings (SSSR count). The van der Waals surface area contributed by atoms with Gasteiger partial charge in [-0.2, -0.15) is 0 Å². The van der Waals surface area contributed by atoms with E-state index >= 15 is 0 Å². The number of hydrogen-bond donors (Lipinski definition) is 3. The van der Waals surface area contributed by atoms with Crippen molar-refractivity contribution >= 4 is 22.9 Å². The van der Waals surface area contributed by atoms with Crippen molar-refractivity contribution in [2.24, 2.45) is 5.84 Å². The summed E-state index contributed by atoms with van der Waals surface area (Å²) in [6, 6.07) is 5.52. The normalized spacial score (nSPS) is 10.3. The molecule has 1 heterocycles. The fraction of sp³-hybridized carbons (Fsp3) is 0.286. The van der Waals surface area contributed by atoms with Crippen LogP contribution in [0.1, 0.15) is 26.6 Å². The predicted octanol–water partition coefficient (Wildman–Crippen LogP) is 2.02. The zero-order chi connectivity index (χ0) is 14.5. The second kappa shape index (κ2) is 6.49. The Kier molecular flexibility index (Phi) is 4.70. The summed E-state index contributed by atoms with van der Waals surface area (Å²) in [7, 11) is 0. The summed E-state index contributed by atoms with van der Waals surface area (Å²) in [6.07, 6.45) is 0.729. The van der Waals surface area contributed by atoms with E-state index in [2.05, 4.69) is 15.7 Å². The Hall–Kier alpha value is -1.92. The number of benzene rings is 1. The summed E-state index contributed by atoms with van der Waals surface area (Å²) >= 11 is 1.62. The van der Waals surface area contributed by atoms with Crippen LogP contribution in [0.25, 0.3) is 0 Å². The number of amides is 1. The third kappa shape index (κ3) is 3.55. The van der Waals surface area contributed by atoms with Gasteiger partial charge in [-0.3, -0.25) is 10.6 Å². The molecule has 0 atom stereocenters. The molecule has 0 aliphatic heterocycles. The quantitative estimate of drug-likeness (QED) is 0.581. The highest BCUT2D eigenvalue weighted by Gasteiger charge is 2.10. The summed E-state index contributed by atoms with van der Waals surface area (Å²) in [6.45, 7) is 4.47. The maximum atomic E-state index is 12.1. The predicted molar refractivity (Wildman–Crippen MR) is 81.9 cm³/mol. The first kappa shape index (κ1) is 14.5. The van der Waals surface area contributed by atoms with Gasteiger partial charge >= 0.3 is 0 Å². The minimum atomic E-state index is -0.131. The van der Waals surface area contributed by atoms with Crippen LogP contribution >= 0.6 is 11.3 Å². The molecule has 0 radical (unpaired) electrons. The number of carbonyl (C=O) groups excluding carboxylic acids is 1. The lowest BCUT2D eigenvalue weighted by atomic mass is 10.1. The van der Waals surface area contributed by atoms with Crippen molar-refractivity contribution in [3.8, 4) is 0 Å². The van der Waals surface area contributed by atoms with Crippen LogP contribution in [0, 0.1) is 13.8 Å². The number of aryl methyl sites for hydroxylation is 2. The molecule has 1 aromatic carbocycles. The molecule has 5 nitrogen and oxygen atoms in total. The van der Waals surface area contributed by atoms with Crippen LogP contribution in [0.15, 0.2) is 23.6 Å². The molecule has 0 aliphatic carbocycles. The maximum Gasteiger partial charge on any atom is 0.253 e. The van der Waals surface area contributed by atoms with Crippen LogP contribution < -0.4 is 16.6 Å². The van der Waals surface area contributed by atoms with Gasteiger partial charge in [0.1, 0.15) is 0 Å². The van der Waals surface area contributed by atoms with E-state index in [1.165, 1.54) is 0 Å². The van der Waals surface area contributed by atoms with Gasteiger partial charge < -0.3 is 10.7 Å². The van der Waals surface area contributed by atoms with Crippen molar-refractivity contribution in [3.63, 3.8) is 0 Å². The minimum Gasteiger partial charge on any atom is -0.352 e. The van der Waals surface area contributed by atoms with Crippen LogP contribution in [0.5, 0.6) is 0 Å². The van der Waals surface area contributed by atoms with Gasteiger partial charge in [-0.05, 0) is 26.0 Å². The summed E-state index contributed by atoms with van der Waals surface area (Å²) in [5, 5.41) is 5.94. The van der Waals surface area contributed by atoms with Crippen molar-refractivity contribution in [2.75, 3.05) is 12.0 Å². The molecule has 1 aromatic heterocycles. The van der Waals surface area contributed by atoms with Crippen molar-refractivity contribution in [1.82, 2.24) is 10.3 Å². The first-order valence-corrected chi connectivity index (χ1v) is 7.24. The molecule has 4 N–H and O–H groups in total. The van der Waals surface area contributed by atoms with Gasteiger partial charge in [0.2, 0.25) is 0 Å². The molecule has 0 bridgehead atoms. The van der Waals surface area contributed by atoms with Gasteiger partial charge in [0, 0.05) is 18.3 Å². The standard InChI is InChI=1S/C14H18N4OS/c1-9-3-4-13(18-15)12(7-9)14(19)16-6-5-11-8-20-10(2)17-11/h3-4,7-8,18H,5-6,15H2,1-2H3,(H,16,19). The smallest absolute Gasteiger partial charge is 0.253 e. The van der Waals surface area contributed by atoms with Crippen LogP contribution in [0.2, 0.25) is 0 Å². The number of nitrogens with two attached hydrogens (primary N) is 1. The number of anilines is 1. The monoisotopic (exact) mass is 290 g/mol. The number of rotatable bonds is 5. The van der Waals surface area contributed by atoms with Crippen molar-refractivity contribution in [2.45, 2.75) is 20.3 Å². The van der Waals surface area contributed by atoms with Gasteiger partial charge in [0.15, 0.2) is 0 Å². The Morgan fingerprint density at radius 3 is 2.85 bits per heavy atom. The molecule has 1 amide bonds. The van der Waals surface area contributed by atoms with E-state index in [9.17, 15) is 4.79 Å². The number of hydrazine groups is 1. The van der Waals surface area contributed by atoms with Gasteiger partial charge in [-0.15, -0.1) is 11.3 Å². The lowest BCUT2D eigenvalue weighted by molar-refractivity contribution is 0.0955. The number of carbonyl (C=O) groups is 1. The van der Waals surface area contributed by atoms with E-state index in [0.717, 1.165) is 22.7 Å². The summed E-state index contributed by atoms with van der Waals surface area (Å²) < 4.78 is 0.